The monoisotopic (exact) mass is 466 g/mol. The highest BCUT2D eigenvalue weighted by Gasteiger charge is 2.37. The third-order valence-electron chi connectivity index (χ3n) is 5.32. The molecule has 2 saturated heterocycles. The first-order chi connectivity index (χ1) is 14.8. The van der Waals surface area contributed by atoms with Crippen molar-refractivity contribution in [3.05, 3.63) is 27.6 Å². The summed E-state index contributed by atoms with van der Waals surface area (Å²) in [5.41, 5.74) is 0.603. The van der Waals surface area contributed by atoms with Gasteiger partial charge >= 0.3 is 0 Å². The third-order valence-corrected chi connectivity index (χ3v) is 6.51. The van der Waals surface area contributed by atoms with Gasteiger partial charge in [-0.2, -0.15) is 0 Å². The molecule has 0 saturated carbocycles. The van der Waals surface area contributed by atoms with E-state index in [1.54, 1.807) is 23.1 Å². The van der Waals surface area contributed by atoms with E-state index in [1.807, 2.05) is 13.8 Å². The standard InChI is InChI=1S/C22H27ClN2O5S/c1-4-14(2)30-20-16(23)10-15(11-17(20)29-3)12-18-21(27)25(22(28)31-18)13-19(26)24-8-6-5-7-9-24/h10-12,14H,4-9,13H2,1-3H3. The number of benzene rings is 1. The van der Waals surface area contributed by atoms with Crippen LogP contribution in [0.4, 0.5) is 4.79 Å². The smallest absolute Gasteiger partial charge is 0.294 e. The molecular weight excluding hydrogens is 440 g/mol. The van der Waals surface area contributed by atoms with Crippen LogP contribution in [-0.2, 0) is 9.59 Å². The highest BCUT2D eigenvalue weighted by Crippen LogP contribution is 2.39. The van der Waals surface area contributed by atoms with E-state index in [9.17, 15) is 14.4 Å². The molecule has 2 aliphatic rings. The van der Waals surface area contributed by atoms with Crippen molar-refractivity contribution in [2.24, 2.45) is 0 Å². The molecule has 3 rings (SSSR count). The Morgan fingerprint density at radius 3 is 2.61 bits per heavy atom. The topological polar surface area (TPSA) is 76.2 Å². The molecule has 0 N–H and O–H groups in total. The Bertz CT molecular complexity index is 898. The summed E-state index contributed by atoms with van der Waals surface area (Å²) in [6.45, 7) is 5.06. The quantitative estimate of drug-likeness (QED) is 0.547. The number of amides is 3. The Balaban J connectivity index is 1.77. The number of carbonyl (C=O) groups is 3. The second kappa shape index (κ2) is 10.4. The van der Waals surface area contributed by atoms with Crippen LogP contribution in [0.2, 0.25) is 5.02 Å². The average molecular weight is 467 g/mol. The number of likely N-dealkylation sites (tertiary alicyclic amines) is 1. The van der Waals surface area contributed by atoms with Crippen LogP contribution < -0.4 is 9.47 Å². The molecule has 2 aliphatic heterocycles. The Hall–Kier alpha value is -2.19. The summed E-state index contributed by atoms with van der Waals surface area (Å²) in [4.78, 5) is 40.6. The van der Waals surface area contributed by atoms with Crippen molar-refractivity contribution in [2.75, 3.05) is 26.7 Å². The molecule has 2 heterocycles. The number of rotatable bonds is 7. The lowest BCUT2D eigenvalue weighted by atomic mass is 10.1. The first kappa shape index (κ1) is 23.5. The van der Waals surface area contributed by atoms with Crippen LogP contribution in [0, 0.1) is 0 Å². The summed E-state index contributed by atoms with van der Waals surface area (Å²) in [6.07, 6.45) is 5.36. The average Bonchev–Trinajstić information content (AvgIpc) is 3.02. The van der Waals surface area contributed by atoms with Crippen molar-refractivity contribution < 1.29 is 23.9 Å². The van der Waals surface area contributed by atoms with Crippen molar-refractivity contribution >= 4 is 46.5 Å². The zero-order valence-corrected chi connectivity index (χ0v) is 19.6. The largest absolute Gasteiger partial charge is 0.493 e. The highest BCUT2D eigenvalue weighted by molar-refractivity contribution is 8.18. The summed E-state index contributed by atoms with van der Waals surface area (Å²) < 4.78 is 11.3. The van der Waals surface area contributed by atoms with Crippen LogP contribution in [0.25, 0.3) is 6.08 Å². The predicted molar refractivity (Wildman–Crippen MR) is 121 cm³/mol. The van der Waals surface area contributed by atoms with Gasteiger partial charge in [-0.25, -0.2) is 0 Å². The van der Waals surface area contributed by atoms with E-state index in [2.05, 4.69) is 0 Å². The third kappa shape index (κ3) is 5.54. The van der Waals surface area contributed by atoms with Crippen LogP contribution in [0.5, 0.6) is 11.5 Å². The number of piperidine rings is 1. The van der Waals surface area contributed by atoms with Gasteiger partial charge in [-0.15, -0.1) is 0 Å². The van der Waals surface area contributed by atoms with Gasteiger partial charge in [-0.05, 0) is 68.1 Å². The molecule has 1 aromatic rings. The molecule has 1 atom stereocenters. The maximum atomic E-state index is 12.8. The summed E-state index contributed by atoms with van der Waals surface area (Å²) in [7, 11) is 1.51. The van der Waals surface area contributed by atoms with Gasteiger partial charge in [0.25, 0.3) is 11.1 Å². The fraction of sp³-hybridized carbons (Fsp3) is 0.500. The number of nitrogens with zero attached hydrogens (tertiary/aromatic N) is 2. The van der Waals surface area contributed by atoms with Gasteiger partial charge in [-0.3, -0.25) is 19.3 Å². The lowest BCUT2D eigenvalue weighted by Gasteiger charge is -2.27. The number of carbonyl (C=O) groups excluding carboxylic acids is 3. The van der Waals surface area contributed by atoms with Gasteiger partial charge in [0.05, 0.1) is 23.1 Å². The summed E-state index contributed by atoms with van der Waals surface area (Å²) in [6, 6.07) is 3.37. The zero-order valence-electron chi connectivity index (χ0n) is 18.0. The minimum absolute atomic E-state index is 0.0359. The van der Waals surface area contributed by atoms with E-state index in [0.717, 1.165) is 42.3 Å². The maximum Gasteiger partial charge on any atom is 0.294 e. The van der Waals surface area contributed by atoms with Crippen LogP contribution in [-0.4, -0.2) is 59.7 Å². The van der Waals surface area contributed by atoms with Gasteiger partial charge in [0.15, 0.2) is 11.5 Å². The summed E-state index contributed by atoms with van der Waals surface area (Å²) in [5.74, 6) is 0.212. The van der Waals surface area contributed by atoms with Gasteiger partial charge in [0.2, 0.25) is 5.91 Å². The molecule has 7 nitrogen and oxygen atoms in total. The SMILES string of the molecule is CCC(C)Oc1c(Cl)cc(C=C2SC(=O)N(CC(=O)N3CCCCC3)C2=O)cc1OC. The second-order valence-corrected chi connectivity index (χ2v) is 8.98. The van der Waals surface area contributed by atoms with E-state index in [4.69, 9.17) is 21.1 Å². The molecule has 2 fully saturated rings. The van der Waals surface area contributed by atoms with Crippen LogP contribution >= 0.6 is 23.4 Å². The number of halogens is 1. The maximum absolute atomic E-state index is 12.8. The molecule has 0 bridgehead atoms. The summed E-state index contributed by atoms with van der Waals surface area (Å²) >= 11 is 7.21. The fourth-order valence-corrected chi connectivity index (χ4v) is 4.49. The number of imide groups is 1. The van der Waals surface area contributed by atoms with Crippen LogP contribution in [0.3, 0.4) is 0 Å². The molecule has 1 unspecified atom stereocenters. The van der Waals surface area contributed by atoms with Gasteiger partial charge in [0, 0.05) is 13.1 Å². The van der Waals surface area contributed by atoms with E-state index >= 15 is 0 Å². The van der Waals surface area contributed by atoms with Crippen molar-refractivity contribution in [3.63, 3.8) is 0 Å². The van der Waals surface area contributed by atoms with E-state index < -0.39 is 11.1 Å². The molecule has 3 amide bonds. The Morgan fingerprint density at radius 1 is 1.26 bits per heavy atom. The molecular formula is C22H27ClN2O5S. The summed E-state index contributed by atoms with van der Waals surface area (Å²) in [5, 5.41) is -0.0956. The normalized spacial score (nSPS) is 19.2. The van der Waals surface area contributed by atoms with E-state index in [1.165, 1.54) is 7.11 Å². The fourth-order valence-electron chi connectivity index (χ4n) is 3.39. The van der Waals surface area contributed by atoms with Gasteiger partial charge in [0.1, 0.15) is 6.54 Å². The number of methoxy groups -OCH3 is 1. The van der Waals surface area contributed by atoms with Crippen molar-refractivity contribution in [1.82, 2.24) is 9.80 Å². The molecule has 0 aromatic heterocycles. The van der Waals surface area contributed by atoms with Crippen molar-refractivity contribution in [3.8, 4) is 11.5 Å². The number of hydrogen-bond acceptors (Lipinski definition) is 6. The van der Waals surface area contributed by atoms with Crippen molar-refractivity contribution in [1.29, 1.82) is 0 Å². The Labute approximate surface area is 191 Å². The highest BCUT2D eigenvalue weighted by atomic mass is 35.5. The number of ether oxygens (including phenoxy) is 2. The number of hydrogen-bond donors (Lipinski definition) is 0. The minimum atomic E-state index is -0.476. The second-order valence-electron chi connectivity index (χ2n) is 7.58. The van der Waals surface area contributed by atoms with Crippen LogP contribution in [0.1, 0.15) is 45.1 Å². The molecule has 0 radical (unpaired) electrons. The molecule has 168 valence electrons. The molecule has 31 heavy (non-hydrogen) atoms. The minimum Gasteiger partial charge on any atom is -0.493 e. The van der Waals surface area contributed by atoms with E-state index in [0.29, 0.717) is 35.2 Å². The predicted octanol–water partition coefficient (Wildman–Crippen LogP) is 4.57. The van der Waals surface area contributed by atoms with E-state index in [-0.39, 0.29) is 23.5 Å². The molecule has 9 heteroatoms. The molecule has 0 aliphatic carbocycles. The molecule has 1 aromatic carbocycles. The Kier molecular flexibility index (Phi) is 7.89. The number of thioether (sulfide) groups is 1. The lowest BCUT2D eigenvalue weighted by molar-refractivity contribution is -0.136. The zero-order chi connectivity index (χ0) is 22.5. The van der Waals surface area contributed by atoms with Gasteiger partial charge in [-0.1, -0.05) is 18.5 Å². The first-order valence-corrected chi connectivity index (χ1v) is 11.6. The van der Waals surface area contributed by atoms with Gasteiger partial charge < -0.3 is 14.4 Å². The Morgan fingerprint density at radius 2 is 1.97 bits per heavy atom. The first-order valence-electron chi connectivity index (χ1n) is 10.4. The van der Waals surface area contributed by atoms with Crippen LogP contribution in [0.15, 0.2) is 17.0 Å². The lowest BCUT2D eigenvalue weighted by Crippen LogP contribution is -2.44. The molecule has 0 spiro atoms. The van der Waals surface area contributed by atoms with Crippen molar-refractivity contribution in [2.45, 2.75) is 45.6 Å².